The maximum atomic E-state index is 5.53. The lowest BCUT2D eigenvalue weighted by Gasteiger charge is -2.22. The number of rotatable bonds is 10. The second kappa shape index (κ2) is 13.2. The normalized spacial score (nSPS) is 11.6. The molecule has 0 unspecified atom stereocenters. The molecule has 0 amide bonds. The quantitative estimate of drug-likeness (QED) is 0.296. The SMILES string of the molecule is C.COc1cc(OC)cc([C@H](NCCNC(C)C)c2ccc3ncc(-c4cnn(C)c4)nc3c2)c1.Cl. The molecular weight excluding hydrogens is 476 g/mol. The molecule has 0 saturated heterocycles. The van der Waals surface area contributed by atoms with Gasteiger partial charge in [-0.1, -0.05) is 27.3 Å². The molecule has 194 valence electrons. The number of methoxy groups -OCH3 is 2. The Bertz CT molecular complexity index is 1240. The van der Waals surface area contributed by atoms with Crippen molar-refractivity contribution in [2.75, 3.05) is 27.3 Å². The molecule has 0 aliphatic heterocycles. The third-order valence-corrected chi connectivity index (χ3v) is 5.63. The van der Waals surface area contributed by atoms with Crippen LogP contribution in [0.5, 0.6) is 11.5 Å². The third kappa shape index (κ3) is 6.94. The lowest BCUT2D eigenvalue weighted by Crippen LogP contribution is -2.34. The zero-order valence-corrected chi connectivity index (χ0v) is 21.6. The van der Waals surface area contributed by atoms with E-state index < -0.39 is 0 Å². The summed E-state index contributed by atoms with van der Waals surface area (Å²) in [6.07, 6.45) is 5.53. The van der Waals surface area contributed by atoms with E-state index in [0.717, 1.165) is 58.0 Å². The van der Waals surface area contributed by atoms with Crippen LogP contribution < -0.4 is 20.1 Å². The number of ether oxygens (including phenoxy) is 2. The topological polar surface area (TPSA) is 86.1 Å². The lowest BCUT2D eigenvalue weighted by atomic mass is 9.97. The second-order valence-corrected chi connectivity index (χ2v) is 8.55. The van der Waals surface area contributed by atoms with Gasteiger partial charge in [-0.05, 0) is 35.4 Å². The molecule has 2 heterocycles. The van der Waals surface area contributed by atoms with Crippen LogP contribution in [0.3, 0.4) is 0 Å². The Morgan fingerprint density at radius 3 is 2.19 bits per heavy atom. The molecule has 4 rings (SSSR count). The van der Waals surface area contributed by atoms with Gasteiger partial charge in [-0.15, -0.1) is 12.4 Å². The van der Waals surface area contributed by atoms with E-state index in [2.05, 4.69) is 46.7 Å². The predicted molar refractivity (Wildman–Crippen MR) is 148 cm³/mol. The Morgan fingerprint density at radius 1 is 0.889 bits per heavy atom. The summed E-state index contributed by atoms with van der Waals surface area (Å²) >= 11 is 0. The number of nitrogens with one attached hydrogen (secondary N) is 2. The van der Waals surface area contributed by atoms with Crippen molar-refractivity contribution >= 4 is 23.4 Å². The van der Waals surface area contributed by atoms with E-state index in [1.165, 1.54) is 0 Å². The largest absolute Gasteiger partial charge is 0.497 e. The van der Waals surface area contributed by atoms with Crippen LogP contribution in [0.15, 0.2) is 55.0 Å². The van der Waals surface area contributed by atoms with E-state index in [1.54, 1.807) is 31.3 Å². The first kappa shape index (κ1) is 29.0. The summed E-state index contributed by atoms with van der Waals surface area (Å²) in [7, 11) is 5.22. The fourth-order valence-corrected chi connectivity index (χ4v) is 3.90. The summed E-state index contributed by atoms with van der Waals surface area (Å²) in [4.78, 5) is 9.50. The molecule has 0 saturated carbocycles. The van der Waals surface area contributed by atoms with Gasteiger partial charge in [-0.25, -0.2) is 4.98 Å². The maximum Gasteiger partial charge on any atom is 0.122 e. The summed E-state index contributed by atoms with van der Waals surface area (Å²) in [6.45, 7) is 5.94. The van der Waals surface area contributed by atoms with Gasteiger partial charge >= 0.3 is 0 Å². The van der Waals surface area contributed by atoms with Crippen LogP contribution in [0.4, 0.5) is 0 Å². The zero-order chi connectivity index (χ0) is 24.1. The zero-order valence-electron chi connectivity index (χ0n) is 20.8. The van der Waals surface area contributed by atoms with Crippen molar-refractivity contribution in [2.45, 2.75) is 33.4 Å². The van der Waals surface area contributed by atoms with Crippen molar-refractivity contribution in [1.29, 1.82) is 0 Å². The number of aromatic nitrogens is 4. The predicted octanol–water partition coefficient (Wildman–Crippen LogP) is 4.78. The minimum atomic E-state index is -0.0776. The van der Waals surface area contributed by atoms with Gasteiger partial charge in [0.05, 0.1) is 49.4 Å². The summed E-state index contributed by atoms with van der Waals surface area (Å²) < 4.78 is 12.8. The Kier molecular flexibility index (Phi) is 10.6. The Hall–Kier alpha value is -3.20. The van der Waals surface area contributed by atoms with E-state index >= 15 is 0 Å². The molecule has 36 heavy (non-hydrogen) atoms. The van der Waals surface area contributed by atoms with Crippen molar-refractivity contribution in [2.24, 2.45) is 7.05 Å². The fourth-order valence-electron chi connectivity index (χ4n) is 3.90. The van der Waals surface area contributed by atoms with E-state index in [9.17, 15) is 0 Å². The molecule has 1 atom stereocenters. The standard InChI is InChI=1S/C26H32N6O2.CH4.ClH/c1-17(2)27-8-9-28-26(19-10-21(33-4)13-22(11-19)34-5)18-6-7-23-24(12-18)31-25(15-29-23)20-14-30-32(3)16-20;;/h6-7,10-17,26-28H,8-9H2,1-5H3;1H4;1H/t26-;;/m1../s1. The molecule has 0 bridgehead atoms. The molecule has 0 radical (unpaired) electrons. The minimum absolute atomic E-state index is 0. The van der Waals surface area contributed by atoms with Gasteiger partial charge < -0.3 is 20.1 Å². The fraction of sp³-hybridized carbons (Fsp3) is 0.370. The molecule has 9 heteroatoms. The lowest BCUT2D eigenvalue weighted by molar-refractivity contribution is 0.392. The summed E-state index contributed by atoms with van der Waals surface area (Å²) in [5.41, 5.74) is 5.56. The Morgan fingerprint density at radius 2 is 1.58 bits per heavy atom. The van der Waals surface area contributed by atoms with Crippen molar-refractivity contribution in [3.8, 4) is 22.8 Å². The van der Waals surface area contributed by atoms with E-state index in [0.29, 0.717) is 6.04 Å². The van der Waals surface area contributed by atoms with Gasteiger partial charge in [0.1, 0.15) is 11.5 Å². The van der Waals surface area contributed by atoms with Crippen LogP contribution in [0.25, 0.3) is 22.3 Å². The highest BCUT2D eigenvalue weighted by molar-refractivity contribution is 5.85. The molecular formula is C27H37ClN6O2. The molecule has 2 aromatic heterocycles. The third-order valence-electron chi connectivity index (χ3n) is 5.63. The van der Waals surface area contributed by atoms with Gasteiger partial charge in [0.15, 0.2) is 0 Å². The Balaban J connectivity index is 0.00000228. The number of halogens is 1. The van der Waals surface area contributed by atoms with Crippen LogP contribution >= 0.6 is 12.4 Å². The molecule has 2 aromatic carbocycles. The van der Waals surface area contributed by atoms with Gasteiger partial charge in [-0.3, -0.25) is 9.67 Å². The smallest absolute Gasteiger partial charge is 0.122 e. The maximum absolute atomic E-state index is 5.53. The average molecular weight is 513 g/mol. The van der Waals surface area contributed by atoms with Crippen molar-refractivity contribution in [3.05, 3.63) is 66.1 Å². The molecule has 2 N–H and O–H groups in total. The molecule has 0 spiro atoms. The van der Waals surface area contributed by atoms with Crippen molar-refractivity contribution in [3.63, 3.8) is 0 Å². The molecule has 0 aliphatic rings. The average Bonchev–Trinajstić information content (AvgIpc) is 3.29. The molecule has 0 fully saturated rings. The van der Waals surface area contributed by atoms with Crippen molar-refractivity contribution in [1.82, 2.24) is 30.4 Å². The first-order chi connectivity index (χ1) is 16.5. The second-order valence-electron chi connectivity index (χ2n) is 8.55. The number of benzene rings is 2. The molecule has 8 nitrogen and oxygen atoms in total. The summed E-state index contributed by atoms with van der Waals surface area (Å²) in [5, 5.41) is 11.4. The van der Waals surface area contributed by atoms with Crippen LogP contribution in [-0.4, -0.2) is 53.1 Å². The van der Waals surface area contributed by atoms with Gasteiger partial charge in [0.2, 0.25) is 0 Å². The number of fused-ring (bicyclic) bond motifs is 1. The molecule has 4 aromatic rings. The van der Waals surface area contributed by atoms with Gasteiger partial charge in [0, 0.05) is 44.0 Å². The highest BCUT2D eigenvalue weighted by atomic mass is 35.5. The first-order valence-electron chi connectivity index (χ1n) is 11.4. The number of hydrogen-bond acceptors (Lipinski definition) is 7. The van der Waals surface area contributed by atoms with Crippen LogP contribution in [0, 0.1) is 0 Å². The highest BCUT2D eigenvalue weighted by Crippen LogP contribution is 2.31. The van der Waals surface area contributed by atoms with Crippen molar-refractivity contribution < 1.29 is 9.47 Å². The monoisotopic (exact) mass is 512 g/mol. The van der Waals surface area contributed by atoms with Crippen LogP contribution in [0.1, 0.15) is 38.4 Å². The minimum Gasteiger partial charge on any atom is -0.497 e. The van der Waals surface area contributed by atoms with E-state index in [-0.39, 0.29) is 25.9 Å². The highest BCUT2D eigenvalue weighted by Gasteiger charge is 2.17. The molecule has 0 aliphatic carbocycles. The summed E-state index contributed by atoms with van der Waals surface area (Å²) in [5.74, 6) is 1.50. The van der Waals surface area contributed by atoms with Gasteiger partial charge in [0.25, 0.3) is 0 Å². The van der Waals surface area contributed by atoms with Gasteiger partial charge in [-0.2, -0.15) is 5.10 Å². The first-order valence-corrected chi connectivity index (χ1v) is 11.4. The van der Waals surface area contributed by atoms with Crippen LogP contribution in [0.2, 0.25) is 0 Å². The number of hydrogen-bond donors (Lipinski definition) is 2. The number of aryl methyl sites for hydroxylation is 1. The van der Waals surface area contributed by atoms with Crippen LogP contribution in [-0.2, 0) is 7.05 Å². The number of nitrogens with zero attached hydrogens (tertiary/aromatic N) is 4. The van der Waals surface area contributed by atoms with E-state index in [1.807, 2.05) is 37.5 Å². The summed E-state index contributed by atoms with van der Waals surface area (Å²) in [6, 6.07) is 12.5. The Labute approximate surface area is 219 Å². The van der Waals surface area contributed by atoms with E-state index in [4.69, 9.17) is 14.5 Å².